The predicted molar refractivity (Wildman–Crippen MR) is 94.9 cm³/mol. The fourth-order valence-corrected chi connectivity index (χ4v) is 3.99. The molecule has 25 heavy (non-hydrogen) atoms. The van der Waals surface area contributed by atoms with Gasteiger partial charge in [0, 0.05) is 30.6 Å². The van der Waals surface area contributed by atoms with Crippen LogP contribution in [0.15, 0.2) is 40.9 Å². The zero-order chi connectivity index (χ0) is 17.3. The van der Waals surface area contributed by atoms with Crippen LogP contribution in [-0.2, 0) is 6.54 Å². The van der Waals surface area contributed by atoms with E-state index in [0.29, 0.717) is 17.9 Å². The second-order valence-corrected chi connectivity index (χ2v) is 7.30. The molecule has 132 valence electrons. The molecule has 3 heterocycles. The quantitative estimate of drug-likeness (QED) is 0.933. The monoisotopic (exact) mass is 340 g/mol. The first-order chi connectivity index (χ1) is 12.1. The number of carbonyl (C=O) groups is 1. The molecule has 1 unspecified atom stereocenters. The number of hydrogen-bond donors (Lipinski definition) is 1. The molecule has 0 aliphatic carbocycles. The minimum absolute atomic E-state index is 0.0223. The van der Waals surface area contributed by atoms with Crippen molar-refractivity contribution in [2.24, 2.45) is 5.41 Å². The molecule has 2 fully saturated rings. The molecular formula is C19H24N4O2. The molecule has 2 aliphatic rings. The highest BCUT2D eigenvalue weighted by Crippen LogP contribution is 2.38. The molecule has 6 heteroatoms. The Hall–Kier alpha value is -2.34. The van der Waals surface area contributed by atoms with Crippen LogP contribution in [0.2, 0.25) is 0 Å². The van der Waals surface area contributed by atoms with Crippen molar-refractivity contribution < 1.29 is 9.21 Å². The second kappa shape index (κ2) is 6.52. The molecule has 2 amide bonds. The topological polar surface area (TPSA) is 61.6 Å². The first kappa shape index (κ1) is 16.1. The maximum atomic E-state index is 12.4. The molecule has 2 saturated heterocycles. The Labute approximate surface area is 147 Å². The lowest BCUT2D eigenvalue weighted by atomic mass is 9.86. The summed E-state index contributed by atoms with van der Waals surface area (Å²) in [7, 11) is 2.16. The van der Waals surface area contributed by atoms with Crippen LogP contribution in [0, 0.1) is 5.41 Å². The van der Waals surface area contributed by atoms with Gasteiger partial charge in [-0.3, -0.25) is 0 Å². The highest BCUT2D eigenvalue weighted by molar-refractivity contribution is 5.74. The van der Waals surface area contributed by atoms with Crippen molar-refractivity contribution in [1.29, 1.82) is 0 Å². The van der Waals surface area contributed by atoms with Gasteiger partial charge in [0.1, 0.15) is 0 Å². The van der Waals surface area contributed by atoms with Gasteiger partial charge in [0.2, 0.25) is 5.89 Å². The number of oxazole rings is 1. The maximum absolute atomic E-state index is 12.4. The first-order valence-corrected chi connectivity index (χ1v) is 8.85. The van der Waals surface area contributed by atoms with Crippen molar-refractivity contribution in [3.63, 3.8) is 0 Å². The van der Waals surface area contributed by atoms with Crippen LogP contribution in [-0.4, -0.2) is 54.0 Å². The Morgan fingerprint density at radius 2 is 2.04 bits per heavy atom. The molecule has 4 rings (SSSR count). The van der Waals surface area contributed by atoms with E-state index < -0.39 is 0 Å². The summed E-state index contributed by atoms with van der Waals surface area (Å²) in [6, 6.07) is 9.82. The van der Waals surface area contributed by atoms with Gasteiger partial charge in [0.05, 0.1) is 12.7 Å². The number of likely N-dealkylation sites (tertiary alicyclic amines) is 2. The van der Waals surface area contributed by atoms with Gasteiger partial charge in [-0.1, -0.05) is 30.3 Å². The van der Waals surface area contributed by atoms with Gasteiger partial charge in [-0.05, 0) is 26.4 Å². The Morgan fingerprint density at radius 1 is 1.24 bits per heavy atom. The summed E-state index contributed by atoms with van der Waals surface area (Å²) in [5.41, 5.74) is 1.29. The molecule has 1 spiro atoms. The lowest BCUT2D eigenvalue weighted by Crippen LogP contribution is -2.40. The molecule has 0 bridgehead atoms. The number of amides is 2. The van der Waals surface area contributed by atoms with Crippen molar-refractivity contribution in [1.82, 2.24) is 20.1 Å². The fourth-order valence-electron chi connectivity index (χ4n) is 3.99. The van der Waals surface area contributed by atoms with E-state index in [4.69, 9.17) is 4.42 Å². The zero-order valence-electron chi connectivity index (χ0n) is 14.6. The van der Waals surface area contributed by atoms with Crippen LogP contribution < -0.4 is 5.32 Å². The predicted octanol–water partition coefficient (Wildman–Crippen LogP) is 2.58. The van der Waals surface area contributed by atoms with E-state index in [9.17, 15) is 4.79 Å². The van der Waals surface area contributed by atoms with Gasteiger partial charge in [-0.25, -0.2) is 9.78 Å². The van der Waals surface area contributed by atoms with Gasteiger partial charge in [-0.2, -0.15) is 0 Å². The summed E-state index contributed by atoms with van der Waals surface area (Å²) in [4.78, 5) is 21.0. The highest BCUT2D eigenvalue weighted by atomic mass is 16.4. The van der Waals surface area contributed by atoms with Gasteiger partial charge in [0.15, 0.2) is 5.76 Å². The number of aromatic nitrogens is 1. The van der Waals surface area contributed by atoms with Crippen LogP contribution in [0.1, 0.15) is 18.7 Å². The number of nitrogens with zero attached hydrogens (tertiary/aromatic N) is 3. The lowest BCUT2D eigenvalue weighted by Gasteiger charge is -2.23. The normalized spacial score (nSPS) is 23.5. The molecule has 1 aromatic heterocycles. The third-order valence-corrected chi connectivity index (χ3v) is 5.36. The largest absolute Gasteiger partial charge is 0.439 e. The minimum atomic E-state index is -0.0223. The Kier molecular flexibility index (Phi) is 4.21. The molecule has 6 nitrogen and oxygen atoms in total. The molecule has 1 aromatic carbocycles. The van der Waals surface area contributed by atoms with Crippen molar-refractivity contribution in [2.45, 2.75) is 19.4 Å². The van der Waals surface area contributed by atoms with Crippen LogP contribution in [0.4, 0.5) is 4.79 Å². The second-order valence-electron chi connectivity index (χ2n) is 7.30. The molecule has 0 saturated carbocycles. The maximum Gasteiger partial charge on any atom is 0.317 e. The molecule has 2 aromatic rings. The number of nitrogens with one attached hydrogen (secondary N) is 1. The van der Waals surface area contributed by atoms with E-state index in [1.165, 1.54) is 6.42 Å². The molecule has 0 radical (unpaired) electrons. The average molecular weight is 340 g/mol. The SMILES string of the molecule is CN1CCC2(CCN(C(=O)NCc3ncc(-c4ccccc4)o3)C2)C1. The van der Waals surface area contributed by atoms with Crippen molar-refractivity contribution in [3.05, 3.63) is 42.4 Å². The zero-order valence-corrected chi connectivity index (χ0v) is 14.6. The molecular weight excluding hydrogens is 316 g/mol. The van der Waals surface area contributed by atoms with Crippen molar-refractivity contribution in [3.8, 4) is 11.3 Å². The van der Waals surface area contributed by atoms with E-state index in [1.807, 2.05) is 35.2 Å². The molecule has 1 atom stereocenters. The third-order valence-electron chi connectivity index (χ3n) is 5.36. The smallest absolute Gasteiger partial charge is 0.317 e. The van der Waals surface area contributed by atoms with Crippen LogP contribution in [0.5, 0.6) is 0 Å². The van der Waals surface area contributed by atoms with E-state index in [1.54, 1.807) is 6.20 Å². The van der Waals surface area contributed by atoms with Crippen LogP contribution in [0.25, 0.3) is 11.3 Å². The Bertz CT molecular complexity index is 745. The van der Waals surface area contributed by atoms with Gasteiger partial charge < -0.3 is 19.5 Å². The van der Waals surface area contributed by atoms with Crippen LogP contribution in [0.3, 0.4) is 0 Å². The van der Waals surface area contributed by atoms with E-state index >= 15 is 0 Å². The summed E-state index contributed by atoms with van der Waals surface area (Å²) in [5.74, 6) is 1.25. The van der Waals surface area contributed by atoms with Gasteiger partial charge in [-0.15, -0.1) is 0 Å². The number of rotatable bonds is 3. The summed E-state index contributed by atoms with van der Waals surface area (Å²) in [6.45, 7) is 4.23. The van der Waals surface area contributed by atoms with Crippen molar-refractivity contribution >= 4 is 6.03 Å². The van der Waals surface area contributed by atoms with E-state index in [-0.39, 0.29) is 6.03 Å². The van der Waals surface area contributed by atoms with Crippen molar-refractivity contribution in [2.75, 3.05) is 33.2 Å². The molecule has 2 aliphatic heterocycles. The van der Waals surface area contributed by atoms with E-state index in [2.05, 4.69) is 22.2 Å². The summed E-state index contributed by atoms with van der Waals surface area (Å²) in [5, 5.41) is 2.94. The fraction of sp³-hybridized carbons (Fsp3) is 0.474. The number of benzene rings is 1. The van der Waals surface area contributed by atoms with E-state index in [0.717, 1.165) is 43.9 Å². The third kappa shape index (κ3) is 3.39. The highest BCUT2D eigenvalue weighted by Gasteiger charge is 2.43. The average Bonchev–Trinajstić information content (AvgIpc) is 3.35. The van der Waals surface area contributed by atoms with Crippen LogP contribution >= 0.6 is 0 Å². The standard InChI is InChI=1S/C19H24N4O2/c1-22-9-7-19(13-22)8-10-23(14-19)18(24)21-12-17-20-11-16(25-17)15-5-3-2-4-6-15/h2-6,11H,7-10,12-14H2,1H3,(H,21,24). The summed E-state index contributed by atoms with van der Waals surface area (Å²) >= 11 is 0. The number of urea groups is 1. The van der Waals surface area contributed by atoms with Gasteiger partial charge in [0.25, 0.3) is 0 Å². The summed E-state index contributed by atoms with van der Waals surface area (Å²) in [6.07, 6.45) is 3.99. The first-order valence-electron chi connectivity index (χ1n) is 8.85. The Morgan fingerprint density at radius 3 is 2.80 bits per heavy atom. The summed E-state index contributed by atoms with van der Waals surface area (Å²) < 4.78 is 5.74. The minimum Gasteiger partial charge on any atom is -0.439 e. The number of hydrogen-bond acceptors (Lipinski definition) is 4. The van der Waals surface area contributed by atoms with Gasteiger partial charge >= 0.3 is 6.03 Å². The lowest BCUT2D eigenvalue weighted by molar-refractivity contribution is 0.198. The Balaban J connectivity index is 1.32. The molecule has 1 N–H and O–H groups in total. The number of carbonyl (C=O) groups excluding carboxylic acids is 1.